The molecule has 1 rings (SSSR count). The van der Waals surface area contributed by atoms with E-state index in [1.54, 1.807) is 0 Å². The van der Waals surface area contributed by atoms with Gasteiger partial charge in [-0.15, -0.1) is 18.7 Å². The average molecular weight is 154 g/mol. The molecule has 0 amide bonds. The van der Waals surface area contributed by atoms with E-state index in [1.165, 1.54) is 0 Å². The molecule has 0 saturated carbocycles. The lowest BCUT2D eigenvalue weighted by Crippen LogP contribution is -2.30. The van der Waals surface area contributed by atoms with Crippen LogP contribution in [0.4, 0.5) is 13.2 Å². The predicted octanol–water partition coefficient (Wildman–Crippen LogP) is 0.701. The number of hydrogen-bond donors (Lipinski definition) is 1. The summed E-state index contributed by atoms with van der Waals surface area (Å²) in [4.78, 5) is 4.19. The monoisotopic (exact) mass is 154 g/mol. The SMILES string of the molecule is FC(F)(F)OC1[C]=CON1. The van der Waals surface area contributed by atoms with Crippen molar-refractivity contribution in [3.05, 3.63) is 12.3 Å². The minimum atomic E-state index is -4.66. The second kappa shape index (κ2) is 2.47. The Morgan fingerprint density at radius 2 is 2.30 bits per heavy atom. The van der Waals surface area contributed by atoms with Crippen LogP contribution in [-0.2, 0) is 9.57 Å². The maximum atomic E-state index is 11.3. The molecule has 57 valence electrons. The van der Waals surface area contributed by atoms with Crippen molar-refractivity contribution in [1.82, 2.24) is 5.48 Å². The summed E-state index contributed by atoms with van der Waals surface area (Å²) in [6.07, 6.45) is -2.94. The van der Waals surface area contributed by atoms with Crippen LogP contribution in [0.5, 0.6) is 0 Å². The van der Waals surface area contributed by atoms with Gasteiger partial charge in [-0.2, -0.15) is 0 Å². The number of alkyl halides is 3. The number of ether oxygens (including phenoxy) is 1. The fourth-order valence-electron chi connectivity index (χ4n) is 0.417. The summed E-state index contributed by atoms with van der Waals surface area (Å²) < 4.78 is 37.4. The number of rotatable bonds is 1. The molecule has 3 nitrogen and oxygen atoms in total. The zero-order valence-electron chi connectivity index (χ0n) is 4.61. The minimum absolute atomic E-state index is 0.955. The van der Waals surface area contributed by atoms with Crippen LogP contribution in [0.2, 0.25) is 0 Å². The van der Waals surface area contributed by atoms with Crippen molar-refractivity contribution in [2.24, 2.45) is 0 Å². The van der Waals surface area contributed by atoms with Crippen molar-refractivity contribution >= 4 is 0 Å². The van der Waals surface area contributed by atoms with E-state index in [4.69, 9.17) is 0 Å². The van der Waals surface area contributed by atoms with E-state index in [1.807, 2.05) is 5.48 Å². The molecular formula is C4H3F3NO2. The Kier molecular flexibility index (Phi) is 1.82. The molecule has 1 N–H and O–H groups in total. The summed E-state index contributed by atoms with van der Waals surface area (Å²) >= 11 is 0. The van der Waals surface area contributed by atoms with Crippen LogP contribution in [0.25, 0.3) is 0 Å². The summed E-state index contributed by atoms with van der Waals surface area (Å²) in [7, 11) is 0. The maximum Gasteiger partial charge on any atom is 0.524 e. The Morgan fingerprint density at radius 3 is 2.70 bits per heavy atom. The average Bonchev–Trinajstić information content (AvgIpc) is 2.12. The molecular weight excluding hydrogens is 151 g/mol. The molecule has 0 aliphatic carbocycles. The topological polar surface area (TPSA) is 30.5 Å². The molecule has 1 radical (unpaired) electrons. The second-order valence-corrected chi connectivity index (χ2v) is 1.46. The molecule has 0 aromatic rings. The van der Waals surface area contributed by atoms with E-state index in [2.05, 4.69) is 15.7 Å². The molecule has 1 aliphatic heterocycles. The van der Waals surface area contributed by atoms with Crippen LogP contribution in [0.1, 0.15) is 0 Å². The van der Waals surface area contributed by atoms with Crippen LogP contribution in [0.3, 0.4) is 0 Å². The van der Waals surface area contributed by atoms with Gasteiger partial charge in [-0.3, -0.25) is 4.74 Å². The highest BCUT2D eigenvalue weighted by Gasteiger charge is 2.34. The zero-order valence-corrected chi connectivity index (χ0v) is 4.61. The first-order valence-electron chi connectivity index (χ1n) is 2.31. The lowest BCUT2D eigenvalue weighted by molar-refractivity contribution is -0.345. The molecule has 0 bridgehead atoms. The third-order valence-electron chi connectivity index (χ3n) is 0.705. The zero-order chi connectivity index (χ0) is 7.61. The van der Waals surface area contributed by atoms with Gasteiger partial charge in [0.1, 0.15) is 6.26 Å². The second-order valence-electron chi connectivity index (χ2n) is 1.46. The molecule has 6 heteroatoms. The lowest BCUT2D eigenvalue weighted by atomic mass is 10.6. The molecule has 1 aliphatic rings. The molecule has 0 saturated heterocycles. The van der Waals surface area contributed by atoms with E-state index >= 15 is 0 Å². The van der Waals surface area contributed by atoms with Crippen molar-refractivity contribution < 1.29 is 22.7 Å². The van der Waals surface area contributed by atoms with Crippen LogP contribution in [0.15, 0.2) is 6.26 Å². The summed E-state index contributed by atoms with van der Waals surface area (Å²) in [6.45, 7) is 0. The first-order valence-corrected chi connectivity index (χ1v) is 2.31. The fourth-order valence-corrected chi connectivity index (χ4v) is 0.417. The lowest BCUT2D eigenvalue weighted by Gasteiger charge is -2.10. The Balaban J connectivity index is 2.31. The molecule has 0 spiro atoms. The van der Waals surface area contributed by atoms with Crippen molar-refractivity contribution in [2.45, 2.75) is 12.6 Å². The number of hydroxylamine groups is 1. The third kappa shape index (κ3) is 2.24. The van der Waals surface area contributed by atoms with Gasteiger partial charge in [0.2, 0.25) is 0 Å². The van der Waals surface area contributed by atoms with Crippen LogP contribution < -0.4 is 5.48 Å². The molecule has 1 heterocycles. The largest absolute Gasteiger partial charge is 0.524 e. The van der Waals surface area contributed by atoms with E-state index in [0.717, 1.165) is 6.26 Å². The molecule has 10 heavy (non-hydrogen) atoms. The summed E-state index contributed by atoms with van der Waals surface area (Å²) in [5.41, 5.74) is 1.90. The minimum Gasteiger partial charge on any atom is -0.413 e. The molecule has 1 atom stereocenters. The van der Waals surface area contributed by atoms with Gasteiger partial charge in [-0.1, -0.05) is 0 Å². The van der Waals surface area contributed by atoms with Gasteiger partial charge in [0.15, 0.2) is 6.23 Å². The van der Waals surface area contributed by atoms with Crippen LogP contribution in [0, 0.1) is 6.08 Å². The smallest absolute Gasteiger partial charge is 0.413 e. The van der Waals surface area contributed by atoms with Gasteiger partial charge < -0.3 is 4.84 Å². The van der Waals surface area contributed by atoms with Gasteiger partial charge in [0.25, 0.3) is 0 Å². The predicted molar refractivity (Wildman–Crippen MR) is 23.0 cm³/mol. The molecule has 0 aromatic heterocycles. The van der Waals surface area contributed by atoms with Crippen molar-refractivity contribution in [1.29, 1.82) is 0 Å². The van der Waals surface area contributed by atoms with Gasteiger partial charge in [0.05, 0.1) is 0 Å². The Bertz CT molecular complexity index is 144. The van der Waals surface area contributed by atoms with Crippen molar-refractivity contribution in [2.75, 3.05) is 0 Å². The maximum absolute atomic E-state index is 11.3. The molecule has 0 aromatic carbocycles. The molecule has 0 fully saturated rings. The first kappa shape index (κ1) is 7.36. The Labute approximate surface area is 54.4 Å². The van der Waals surface area contributed by atoms with Gasteiger partial charge in [-0.25, -0.2) is 0 Å². The summed E-state index contributed by atoms with van der Waals surface area (Å²) in [5.74, 6) is 0. The van der Waals surface area contributed by atoms with Crippen molar-refractivity contribution in [3.8, 4) is 0 Å². The number of halogens is 3. The normalized spacial score (nSPS) is 24.9. The highest BCUT2D eigenvalue weighted by molar-refractivity contribution is 4.76. The summed E-state index contributed by atoms with van der Waals surface area (Å²) in [6, 6.07) is 0. The fraction of sp³-hybridized carbons (Fsp3) is 0.500. The third-order valence-corrected chi connectivity index (χ3v) is 0.705. The van der Waals surface area contributed by atoms with Gasteiger partial charge in [0, 0.05) is 6.08 Å². The molecule has 1 unspecified atom stereocenters. The summed E-state index contributed by atoms with van der Waals surface area (Å²) in [5, 5.41) is 0. The first-order chi connectivity index (χ1) is 4.58. The van der Waals surface area contributed by atoms with E-state index in [-0.39, 0.29) is 0 Å². The van der Waals surface area contributed by atoms with Crippen molar-refractivity contribution in [3.63, 3.8) is 0 Å². The van der Waals surface area contributed by atoms with Crippen LogP contribution in [-0.4, -0.2) is 12.6 Å². The van der Waals surface area contributed by atoms with Crippen LogP contribution >= 0.6 is 0 Å². The standard InChI is InChI=1S/C4H3F3NO2/c5-4(6,7)10-3-1-2-9-8-3/h2-3,8H. The highest BCUT2D eigenvalue weighted by Crippen LogP contribution is 2.18. The highest BCUT2D eigenvalue weighted by atomic mass is 19.4. The van der Waals surface area contributed by atoms with E-state index < -0.39 is 12.6 Å². The number of nitrogens with one attached hydrogen (secondary N) is 1. The van der Waals surface area contributed by atoms with E-state index in [9.17, 15) is 13.2 Å². The van der Waals surface area contributed by atoms with Gasteiger partial charge >= 0.3 is 6.36 Å². The Hall–Kier alpha value is -0.750. The quantitative estimate of drug-likeness (QED) is 0.603. The Morgan fingerprint density at radius 1 is 1.60 bits per heavy atom. The number of hydrogen-bond acceptors (Lipinski definition) is 3. The van der Waals surface area contributed by atoms with E-state index in [0.29, 0.717) is 0 Å². The van der Waals surface area contributed by atoms with Gasteiger partial charge in [-0.05, 0) is 0 Å².